The highest BCUT2D eigenvalue weighted by atomic mass is 19.3. The van der Waals surface area contributed by atoms with E-state index in [1.54, 1.807) is 18.7 Å². The van der Waals surface area contributed by atoms with Crippen molar-refractivity contribution in [1.82, 2.24) is 15.1 Å². The van der Waals surface area contributed by atoms with E-state index in [2.05, 4.69) is 5.32 Å². The number of piperidine rings is 1. The molecule has 2 saturated heterocycles. The lowest BCUT2D eigenvalue weighted by atomic mass is 9.75. The molecule has 3 N–H and O–H groups in total. The number of nitriles is 1. The molecule has 0 saturated carbocycles. The molecule has 1 aromatic rings. The van der Waals surface area contributed by atoms with Gasteiger partial charge in [0, 0.05) is 38.0 Å². The first kappa shape index (κ1) is 28.8. The Balaban J connectivity index is 1.59. The van der Waals surface area contributed by atoms with Crippen LogP contribution >= 0.6 is 0 Å². The number of benzene rings is 1. The summed E-state index contributed by atoms with van der Waals surface area (Å²) in [5, 5.41) is 31.8. The largest absolute Gasteiger partial charge is 0.475 e. The van der Waals surface area contributed by atoms with Crippen LogP contribution in [0.2, 0.25) is 0 Å². The van der Waals surface area contributed by atoms with E-state index in [1.807, 2.05) is 36.4 Å². The predicted octanol–water partition coefficient (Wildman–Crippen LogP) is 1.92. The average Bonchev–Trinajstić information content (AvgIpc) is 3.23. The fourth-order valence-corrected chi connectivity index (χ4v) is 5.03. The molecule has 2 atom stereocenters. The van der Waals surface area contributed by atoms with Crippen LogP contribution in [0.3, 0.4) is 0 Å². The number of nitrogens with one attached hydrogen (secondary N) is 1. The number of rotatable bonds is 9. The maximum atomic E-state index is 13.7. The summed E-state index contributed by atoms with van der Waals surface area (Å²) < 4.78 is 27.4. The molecule has 1 aromatic carbocycles. The van der Waals surface area contributed by atoms with Gasteiger partial charge < -0.3 is 20.3 Å². The van der Waals surface area contributed by atoms with Crippen molar-refractivity contribution in [3.8, 4) is 6.07 Å². The Bertz CT molecular complexity index is 1030. The zero-order valence-electron chi connectivity index (χ0n) is 21.4. The van der Waals surface area contributed by atoms with E-state index in [1.165, 1.54) is 11.0 Å². The number of alkyl halides is 2. The number of likely N-dealkylation sites (tertiary alicyclic amines) is 2. The van der Waals surface area contributed by atoms with E-state index in [4.69, 9.17) is 0 Å². The van der Waals surface area contributed by atoms with Crippen LogP contribution in [0.25, 0.3) is 0 Å². The van der Waals surface area contributed by atoms with Crippen molar-refractivity contribution >= 4 is 18.9 Å². The third-order valence-electron chi connectivity index (χ3n) is 7.12. The van der Waals surface area contributed by atoms with Gasteiger partial charge in [-0.25, -0.2) is 8.78 Å². The van der Waals surface area contributed by atoms with Crippen LogP contribution in [-0.2, 0) is 16.0 Å². The van der Waals surface area contributed by atoms with Gasteiger partial charge in [0.25, 0.3) is 11.8 Å². The van der Waals surface area contributed by atoms with Crippen LogP contribution in [0, 0.1) is 17.2 Å². The van der Waals surface area contributed by atoms with Gasteiger partial charge in [-0.2, -0.15) is 5.26 Å². The minimum absolute atomic E-state index is 0.0990. The second-order valence-corrected chi connectivity index (χ2v) is 10.6. The molecular formula is C26H35BF2N4O4. The van der Waals surface area contributed by atoms with Crippen molar-refractivity contribution in [3.63, 3.8) is 0 Å². The molecule has 2 aliphatic rings. The number of nitrogens with zero attached hydrogens (tertiary/aromatic N) is 3. The summed E-state index contributed by atoms with van der Waals surface area (Å²) in [5.41, 5.74) is -0.141. The number of hydrogen-bond acceptors (Lipinski definition) is 6. The summed E-state index contributed by atoms with van der Waals surface area (Å²) in [6, 6.07) is 11.1. The number of carbonyl (C=O) groups excluding carboxylic acids is 2. The molecule has 3 rings (SSSR count). The van der Waals surface area contributed by atoms with Crippen LogP contribution in [0.15, 0.2) is 42.0 Å². The fraction of sp³-hybridized carbons (Fsp3) is 0.577. The number of amides is 2. The van der Waals surface area contributed by atoms with Crippen LogP contribution in [0.4, 0.5) is 8.78 Å². The molecule has 0 aliphatic carbocycles. The zero-order valence-corrected chi connectivity index (χ0v) is 21.4. The van der Waals surface area contributed by atoms with Crippen LogP contribution < -0.4 is 5.32 Å². The molecule has 37 heavy (non-hydrogen) atoms. The van der Waals surface area contributed by atoms with Gasteiger partial charge in [-0.05, 0) is 50.7 Å². The monoisotopic (exact) mass is 516 g/mol. The van der Waals surface area contributed by atoms with Gasteiger partial charge in [-0.15, -0.1) is 0 Å². The Morgan fingerprint density at radius 3 is 2.59 bits per heavy atom. The normalized spacial score (nSPS) is 21.3. The first-order valence-electron chi connectivity index (χ1n) is 12.6. The highest BCUT2D eigenvalue weighted by Gasteiger charge is 2.43. The second kappa shape index (κ2) is 12.2. The lowest BCUT2D eigenvalue weighted by Gasteiger charge is -2.35. The molecule has 0 unspecified atom stereocenters. The maximum Gasteiger partial charge on any atom is 0.475 e. The zero-order chi connectivity index (χ0) is 27.2. The van der Waals surface area contributed by atoms with Gasteiger partial charge in [0.15, 0.2) is 0 Å². The predicted molar refractivity (Wildman–Crippen MR) is 135 cm³/mol. The quantitative estimate of drug-likeness (QED) is 0.263. The smallest absolute Gasteiger partial charge is 0.426 e. The first-order chi connectivity index (χ1) is 17.4. The average molecular weight is 516 g/mol. The minimum atomic E-state index is -2.78. The standard InChI is InChI=1S/C26H35BF2N4O4/c1-25(2,33-12-10-26(28,29)18-33)15-21(16-30)24(35)32-11-6-9-20(17-32)14-23(34)31-22(27(36)37)13-19-7-4-3-5-8-19/h3-5,7-8,15,20,22,36-37H,6,9-14,17-18H2,1-2H3,(H,31,34)/b21-15+/t20-,22-/m0/s1. The van der Waals surface area contributed by atoms with Gasteiger partial charge in [-0.1, -0.05) is 30.3 Å². The Hall–Kier alpha value is -2.81. The Kier molecular flexibility index (Phi) is 9.45. The van der Waals surface area contributed by atoms with Crippen molar-refractivity contribution in [1.29, 1.82) is 5.26 Å². The third kappa shape index (κ3) is 8.09. The second-order valence-electron chi connectivity index (χ2n) is 10.6. The van der Waals surface area contributed by atoms with Crippen molar-refractivity contribution < 1.29 is 28.4 Å². The maximum absolute atomic E-state index is 13.7. The lowest BCUT2D eigenvalue weighted by Crippen LogP contribution is -2.49. The molecule has 11 heteroatoms. The van der Waals surface area contributed by atoms with Crippen molar-refractivity contribution in [2.75, 3.05) is 26.2 Å². The Morgan fingerprint density at radius 1 is 1.30 bits per heavy atom. The van der Waals surface area contributed by atoms with Gasteiger partial charge in [0.2, 0.25) is 5.91 Å². The van der Waals surface area contributed by atoms with Crippen LogP contribution in [-0.4, -0.2) is 82.4 Å². The molecule has 2 amide bonds. The van der Waals surface area contributed by atoms with Crippen LogP contribution in [0.5, 0.6) is 0 Å². The molecule has 0 bridgehead atoms. The Morgan fingerprint density at radius 2 is 2.00 bits per heavy atom. The highest BCUT2D eigenvalue weighted by Crippen LogP contribution is 2.33. The van der Waals surface area contributed by atoms with E-state index in [0.29, 0.717) is 19.4 Å². The molecule has 2 fully saturated rings. The third-order valence-corrected chi connectivity index (χ3v) is 7.12. The van der Waals surface area contributed by atoms with Gasteiger partial charge in [-0.3, -0.25) is 14.5 Å². The van der Waals surface area contributed by atoms with E-state index in [9.17, 15) is 33.7 Å². The highest BCUT2D eigenvalue weighted by molar-refractivity contribution is 6.43. The molecular weight excluding hydrogens is 481 g/mol. The van der Waals surface area contributed by atoms with Gasteiger partial charge in [0.1, 0.15) is 11.6 Å². The first-order valence-corrected chi connectivity index (χ1v) is 12.6. The van der Waals surface area contributed by atoms with Gasteiger partial charge in [0.05, 0.1) is 12.5 Å². The summed E-state index contributed by atoms with van der Waals surface area (Å²) in [7, 11) is -1.73. The molecule has 2 heterocycles. The lowest BCUT2D eigenvalue weighted by molar-refractivity contribution is -0.130. The molecule has 0 spiro atoms. The Labute approximate surface area is 217 Å². The summed E-state index contributed by atoms with van der Waals surface area (Å²) in [6.07, 6.45) is 2.93. The van der Waals surface area contributed by atoms with E-state index in [-0.39, 0.29) is 49.8 Å². The van der Waals surface area contributed by atoms with E-state index in [0.717, 1.165) is 5.56 Å². The SMILES string of the molecule is CC(C)(/C=C(\C#N)C(=O)N1CCC[C@@H](CC(=O)N[C@@H](Cc2ccccc2)B(O)O)C1)N1CCC(F)(F)C1. The molecule has 0 radical (unpaired) electrons. The topological polar surface area (TPSA) is 117 Å². The van der Waals surface area contributed by atoms with E-state index >= 15 is 0 Å². The van der Waals surface area contributed by atoms with Crippen molar-refractivity contribution in [2.45, 2.75) is 63.4 Å². The summed E-state index contributed by atoms with van der Waals surface area (Å²) in [4.78, 5) is 29.0. The fourth-order valence-electron chi connectivity index (χ4n) is 5.03. The number of halogens is 2. The molecule has 2 aliphatic heterocycles. The van der Waals surface area contributed by atoms with Crippen molar-refractivity contribution in [2.24, 2.45) is 5.92 Å². The van der Waals surface area contributed by atoms with E-state index < -0.39 is 37.0 Å². The number of carbonyl (C=O) groups is 2. The summed E-state index contributed by atoms with van der Waals surface area (Å²) >= 11 is 0. The van der Waals surface area contributed by atoms with Crippen molar-refractivity contribution in [3.05, 3.63) is 47.5 Å². The molecule has 200 valence electrons. The minimum Gasteiger partial charge on any atom is -0.426 e. The summed E-state index contributed by atoms with van der Waals surface area (Å²) in [6.45, 7) is 3.90. The summed E-state index contributed by atoms with van der Waals surface area (Å²) in [5.74, 6) is -4.63. The number of hydrogen-bond donors (Lipinski definition) is 3. The molecule has 0 aromatic heterocycles. The van der Waals surface area contributed by atoms with Crippen LogP contribution in [0.1, 0.15) is 45.1 Å². The van der Waals surface area contributed by atoms with Gasteiger partial charge >= 0.3 is 7.12 Å². The molecule has 8 nitrogen and oxygen atoms in total.